The Labute approximate surface area is 95.2 Å². The molecular weight excluding hydrogens is 206 g/mol. The Bertz CT molecular complexity index is 316. The third kappa shape index (κ3) is 2.62. The first-order valence-corrected chi connectivity index (χ1v) is 6.50. The number of rotatable bonds is 3. The molecule has 15 heavy (non-hydrogen) atoms. The lowest BCUT2D eigenvalue weighted by Crippen LogP contribution is -2.16. The summed E-state index contributed by atoms with van der Waals surface area (Å²) in [7, 11) is 0. The number of hydrogen-bond acceptors (Lipinski definition) is 4. The molecular formula is C11H19N3S. The number of nitrogens with one attached hydrogen (secondary N) is 1. The second-order valence-corrected chi connectivity index (χ2v) is 5.18. The van der Waals surface area contributed by atoms with E-state index in [0.29, 0.717) is 5.82 Å². The van der Waals surface area contributed by atoms with Gasteiger partial charge in [-0.3, -0.25) is 0 Å². The van der Waals surface area contributed by atoms with Crippen molar-refractivity contribution < 1.29 is 0 Å². The SMILES string of the molecule is Cc1c(N)nsc1NCC1CCCCC1. The van der Waals surface area contributed by atoms with Gasteiger partial charge < -0.3 is 11.1 Å². The van der Waals surface area contributed by atoms with Crippen molar-refractivity contribution in [3.8, 4) is 0 Å². The minimum Gasteiger partial charge on any atom is -0.383 e. The number of aromatic nitrogens is 1. The first-order chi connectivity index (χ1) is 7.27. The van der Waals surface area contributed by atoms with Crippen LogP contribution in [0.5, 0.6) is 0 Å². The van der Waals surface area contributed by atoms with Crippen molar-refractivity contribution >= 4 is 22.4 Å². The standard InChI is InChI=1S/C11H19N3S/c1-8-10(12)14-15-11(8)13-7-9-5-3-2-4-6-9/h9,13H,2-7H2,1H3,(H2,12,14). The molecule has 3 N–H and O–H groups in total. The van der Waals surface area contributed by atoms with Gasteiger partial charge in [0.05, 0.1) is 0 Å². The first-order valence-electron chi connectivity index (χ1n) is 5.73. The number of nitrogens with two attached hydrogens (primary N) is 1. The Morgan fingerprint density at radius 1 is 1.40 bits per heavy atom. The zero-order chi connectivity index (χ0) is 10.7. The van der Waals surface area contributed by atoms with E-state index >= 15 is 0 Å². The molecule has 1 aromatic heterocycles. The average molecular weight is 225 g/mol. The van der Waals surface area contributed by atoms with Crippen LogP contribution in [0.2, 0.25) is 0 Å². The van der Waals surface area contributed by atoms with Crippen LogP contribution in [-0.4, -0.2) is 10.9 Å². The molecule has 0 amide bonds. The van der Waals surface area contributed by atoms with E-state index < -0.39 is 0 Å². The maximum Gasteiger partial charge on any atom is 0.142 e. The van der Waals surface area contributed by atoms with E-state index in [4.69, 9.17) is 5.73 Å². The lowest BCUT2D eigenvalue weighted by atomic mass is 9.89. The fourth-order valence-corrected chi connectivity index (χ4v) is 2.86. The van der Waals surface area contributed by atoms with E-state index in [-0.39, 0.29) is 0 Å². The maximum absolute atomic E-state index is 5.71. The van der Waals surface area contributed by atoms with E-state index in [1.54, 1.807) is 0 Å². The predicted octanol–water partition coefficient (Wildman–Crippen LogP) is 3.03. The zero-order valence-electron chi connectivity index (χ0n) is 9.25. The fourth-order valence-electron chi connectivity index (χ4n) is 2.14. The molecule has 0 atom stereocenters. The molecule has 1 aromatic rings. The van der Waals surface area contributed by atoms with Gasteiger partial charge in [0, 0.05) is 12.1 Å². The molecule has 0 bridgehead atoms. The molecule has 1 fully saturated rings. The van der Waals surface area contributed by atoms with Crippen LogP contribution in [0.1, 0.15) is 37.7 Å². The van der Waals surface area contributed by atoms with Crippen molar-refractivity contribution in [2.24, 2.45) is 5.92 Å². The number of nitrogens with zero attached hydrogens (tertiary/aromatic N) is 1. The molecule has 84 valence electrons. The van der Waals surface area contributed by atoms with Gasteiger partial charge in [0.2, 0.25) is 0 Å². The van der Waals surface area contributed by atoms with Gasteiger partial charge in [-0.05, 0) is 37.2 Å². The van der Waals surface area contributed by atoms with Crippen LogP contribution < -0.4 is 11.1 Å². The quantitative estimate of drug-likeness (QED) is 0.831. The van der Waals surface area contributed by atoms with Gasteiger partial charge >= 0.3 is 0 Å². The van der Waals surface area contributed by atoms with Crippen LogP contribution in [0.3, 0.4) is 0 Å². The van der Waals surface area contributed by atoms with Crippen molar-refractivity contribution in [1.82, 2.24) is 4.37 Å². The van der Waals surface area contributed by atoms with Crippen LogP contribution in [0.15, 0.2) is 0 Å². The topological polar surface area (TPSA) is 50.9 Å². The summed E-state index contributed by atoms with van der Waals surface area (Å²) in [6, 6.07) is 0. The molecule has 1 heterocycles. The molecule has 2 rings (SSSR count). The van der Waals surface area contributed by atoms with Crippen LogP contribution in [0.4, 0.5) is 10.8 Å². The molecule has 1 aliphatic carbocycles. The molecule has 0 aliphatic heterocycles. The zero-order valence-corrected chi connectivity index (χ0v) is 10.1. The molecule has 0 spiro atoms. The van der Waals surface area contributed by atoms with E-state index in [1.807, 2.05) is 6.92 Å². The van der Waals surface area contributed by atoms with E-state index in [1.165, 1.54) is 43.6 Å². The molecule has 0 aromatic carbocycles. The van der Waals surface area contributed by atoms with Crippen LogP contribution in [0, 0.1) is 12.8 Å². The van der Waals surface area contributed by atoms with Crippen molar-refractivity contribution in [3.63, 3.8) is 0 Å². The van der Waals surface area contributed by atoms with Gasteiger partial charge in [-0.15, -0.1) is 0 Å². The van der Waals surface area contributed by atoms with E-state index in [2.05, 4.69) is 9.69 Å². The van der Waals surface area contributed by atoms with Gasteiger partial charge in [0.25, 0.3) is 0 Å². The summed E-state index contributed by atoms with van der Waals surface area (Å²) < 4.78 is 4.14. The minimum absolute atomic E-state index is 0.672. The largest absolute Gasteiger partial charge is 0.383 e. The Kier molecular flexibility index (Phi) is 3.46. The highest BCUT2D eigenvalue weighted by atomic mass is 32.1. The monoisotopic (exact) mass is 225 g/mol. The van der Waals surface area contributed by atoms with Gasteiger partial charge in [-0.2, -0.15) is 4.37 Å². The number of anilines is 2. The smallest absolute Gasteiger partial charge is 0.142 e. The summed E-state index contributed by atoms with van der Waals surface area (Å²) in [4.78, 5) is 0. The summed E-state index contributed by atoms with van der Waals surface area (Å²) in [6.07, 6.45) is 6.97. The summed E-state index contributed by atoms with van der Waals surface area (Å²) in [5.41, 5.74) is 6.82. The predicted molar refractivity (Wildman–Crippen MR) is 66.3 cm³/mol. The normalized spacial score (nSPS) is 17.9. The van der Waals surface area contributed by atoms with Crippen LogP contribution in [0.25, 0.3) is 0 Å². The molecule has 3 nitrogen and oxygen atoms in total. The summed E-state index contributed by atoms with van der Waals surface area (Å²) in [5.74, 6) is 1.52. The minimum atomic E-state index is 0.672. The Hall–Kier alpha value is -0.770. The molecule has 0 saturated heterocycles. The maximum atomic E-state index is 5.71. The summed E-state index contributed by atoms with van der Waals surface area (Å²) in [5, 5.41) is 4.63. The van der Waals surface area contributed by atoms with Crippen molar-refractivity contribution in [2.75, 3.05) is 17.6 Å². The second-order valence-electron chi connectivity index (χ2n) is 4.41. The summed E-state index contributed by atoms with van der Waals surface area (Å²) in [6.45, 7) is 3.12. The number of hydrogen-bond donors (Lipinski definition) is 2. The van der Waals surface area contributed by atoms with Crippen LogP contribution >= 0.6 is 11.5 Å². The second kappa shape index (κ2) is 4.84. The third-order valence-corrected chi connectivity index (χ3v) is 4.16. The molecule has 0 radical (unpaired) electrons. The van der Waals surface area contributed by atoms with Gasteiger partial charge in [0.15, 0.2) is 0 Å². The number of nitrogen functional groups attached to an aromatic ring is 1. The molecule has 0 unspecified atom stereocenters. The molecule has 1 saturated carbocycles. The van der Waals surface area contributed by atoms with Crippen molar-refractivity contribution in [2.45, 2.75) is 39.0 Å². The summed E-state index contributed by atoms with van der Waals surface area (Å²) >= 11 is 1.48. The average Bonchev–Trinajstić information content (AvgIpc) is 2.59. The van der Waals surface area contributed by atoms with Gasteiger partial charge in [-0.25, -0.2) is 0 Å². The third-order valence-electron chi connectivity index (χ3n) is 3.24. The highest BCUT2D eigenvalue weighted by molar-refractivity contribution is 7.10. The first kappa shape index (κ1) is 10.7. The molecule has 4 heteroatoms. The van der Waals surface area contributed by atoms with Crippen molar-refractivity contribution in [1.29, 1.82) is 0 Å². The Morgan fingerprint density at radius 3 is 2.73 bits per heavy atom. The Balaban J connectivity index is 1.84. The highest BCUT2D eigenvalue weighted by Gasteiger charge is 2.14. The lowest BCUT2D eigenvalue weighted by molar-refractivity contribution is 0.373. The van der Waals surface area contributed by atoms with Crippen molar-refractivity contribution in [3.05, 3.63) is 5.56 Å². The fraction of sp³-hybridized carbons (Fsp3) is 0.727. The Morgan fingerprint density at radius 2 is 2.13 bits per heavy atom. The highest BCUT2D eigenvalue weighted by Crippen LogP contribution is 2.28. The van der Waals surface area contributed by atoms with E-state index in [0.717, 1.165) is 23.0 Å². The van der Waals surface area contributed by atoms with Gasteiger partial charge in [-0.1, -0.05) is 19.3 Å². The lowest BCUT2D eigenvalue weighted by Gasteiger charge is -2.21. The van der Waals surface area contributed by atoms with Gasteiger partial charge in [0.1, 0.15) is 10.8 Å². The molecule has 1 aliphatic rings. The van der Waals surface area contributed by atoms with Crippen LogP contribution in [-0.2, 0) is 0 Å². The van der Waals surface area contributed by atoms with E-state index in [9.17, 15) is 0 Å².